The predicted octanol–water partition coefficient (Wildman–Crippen LogP) is 1.77. The first-order valence-corrected chi connectivity index (χ1v) is 4.48. The molecular formula is C10H10FNO2. The van der Waals surface area contributed by atoms with Crippen LogP contribution in [-0.4, -0.2) is 11.0 Å². The molecule has 1 aromatic rings. The lowest BCUT2D eigenvalue weighted by molar-refractivity contribution is -0.146. The lowest BCUT2D eigenvalue weighted by Crippen LogP contribution is -2.06. The molecule has 1 aliphatic rings. The van der Waals surface area contributed by atoms with E-state index in [9.17, 15) is 9.18 Å². The van der Waals surface area contributed by atoms with Gasteiger partial charge >= 0.3 is 5.97 Å². The van der Waals surface area contributed by atoms with Gasteiger partial charge in [0.1, 0.15) is 11.9 Å². The van der Waals surface area contributed by atoms with E-state index in [-0.39, 0.29) is 17.9 Å². The fourth-order valence-corrected chi connectivity index (χ4v) is 1.72. The highest BCUT2D eigenvalue weighted by atomic mass is 19.1. The number of aromatic nitrogens is 1. The van der Waals surface area contributed by atoms with Crippen molar-refractivity contribution in [2.24, 2.45) is 0 Å². The van der Waals surface area contributed by atoms with Gasteiger partial charge in [-0.25, -0.2) is 4.39 Å². The van der Waals surface area contributed by atoms with Gasteiger partial charge in [0.15, 0.2) is 0 Å². The lowest BCUT2D eigenvalue weighted by atomic mass is 10.2. The Balaban J connectivity index is 2.26. The molecule has 14 heavy (non-hydrogen) atoms. The number of rotatable bonds is 1. The summed E-state index contributed by atoms with van der Waals surface area (Å²) in [6.07, 6.45) is 2.28. The second-order valence-corrected chi connectivity index (χ2v) is 3.33. The summed E-state index contributed by atoms with van der Waals surface area (Å²) in [4.78, 5) is 14.7. The summed E-state index contributed by atoms with van der Waals surface area (Å²) in [6.45, 7) is 1.36. The molecule has 0 saturated heterocycles. The fourth-order valence-electron chi connectivity index (χ4n) is 1.72. The van der Waals surface area contributed by atoms with Gasteiger partial charge < -0.3 is 4.74 Å². The van der Waals surface area contributed by atoms with Crippen LogP contribution < -0.4 is 0 Å². The minimum Gasteiger partial charge on any atom is -0.456 e. The number of pyridine rings is 1. The van der Waals surface area contributed by atoms with Crippen LogP contribution in [0.2, 0.25) is 0 Å². The van der Waals surface area contributed by atoms with E-state index < -0.39 is 0 Å². The van der Waals surface area contributed by atoms with Gasteiger partial charge in [0.05, 0.1) is 11.9 Å². The van der Waals surface area contributed by atoms with Crippen LogP contribution in [0.5, 0.6) is 0 Å². The van der Waals surface area contributed by atoms with Crippen molar-refractivity contribution in [1.29, 1.82) is 0 Å². The second kappa shape index (κ2) is 3.36. The molecule has 0 amide bonds. The minimum absolute atomic E-state index is 0.289. The summed E-state index contributed by atoms with van der Waals surface area (Å²) >= 11 is 0. The highest BCUT2D eigenvalue weighted by Gasteiger charge is 2.26. The third kappa shape index (κ3) is 1.60. The van der Waals surface area contributed by atoms with E-state index in [0.717, 1.165) is 18.2 Å². The van der Waals surface area contributed by atoms with Crippen molar-refractivity contribution in [3.05, 3.63) is 29.3 Å². The summed E-state index contributed by atoms with van der Waals surface area (Å²) in [7, 11) is 0. The zero-order chi connectivity index (χ0) is 10.1. The average molecular weight is 195 g/mol. The molecule has 2 rings (SSSR count). The van der Waals surface area contributed by atoms with Gasteiger partial charge in [-0.05, 0) is 24.5 Å². The number of hydrogen-bond donors (Lipinski definition) is 0. The van der Waals surface area contributed by atoms with E-state index in [1.54, 1.807) is 0 Å². The summed E-state index contributed by atoms with van der Waals surface area (Å²) in [5, 5.41) is 0. The number of ether oxygens (including phenoxy) is 1. The molecule has 1 aliphatic carbocycles. The topological polar surface area (TPSA) is 39.2 Å². The van der Waals surface area contributed by atoms with Crippen molar-refractivity contribution in [2.45, 2.75) is 25.9 Å². The van der Waals surface area contributed by atoms with Crippen molar-refractivity contribution in [3.8, 4) is 0 Å². The quantitative estimate of drug-likeness (QED) is 0.641. The monoisotopic (exact) mass is 195 g/mol. The molecule has 74 valence electrons. The third-order valence-corrected chi connectivity index (χ3v) is 2.26. The van der Waals surface area contributed by atoms with Crippen LogP contribution in [0, 0.1) is 5.82 Å². The van der Waals surface area contributed by atoms with E-state index in [2.05, 4.69) is 4.98 Å². The van der Waals surface area contributed by atoms with E-state index in [0.29, 0.717) is 12.1 Å². The molecule has 4 heteroatoms. The van der Waals surface area contributed by atoms with Crippen LogP contribution in [0.15, 0.2) is 12.3 Å². The summed E-state index contributed by atoms with van der Waals surface area (Å²) in [6, 6.07) is 1.45. The zero-order valence-corrected chi connectivity index (χ0v) is 7.79. The van der Waals surface area contributed by atoms with E-state index in [4.69, 9.17) is 4.74 Å². The molecule has 0 spiro atoms. The molecule has 0 aliphatic heterocycles. The van der Waals surface area contributed by atoms with Crippen molar-refractivity contribution in [3.63, 3.8) is 0 Å². The molecule has 1 atom stereocenters. The zero-order valence-electron chi connectivity index (χ0n) is 7.79. The number of carbonyl (C=O) groups excluding carboxylic acids is 1. The Morgan fingerprint density at radius 1 is 1.71 bits per heavy atom. The van der Waals surface area contributed by atoms with Crippen LogP contribution >= 0.6 is 0 Å². The van der Waals surface area contributed by atoms with Gasteiger partial charge in [0, 0.05) is 6.92 Å². The first-order valence-electron chi connectivity index (χ1n) is 4.48. The smallest absolute Gasteiger partial charge is 0.303 e. The minimum atomic E-state index is -0.341. The molecule has 0 saturated carbocycles. The van der Waals surface area contributed by atoms with Crippen molar-refractivity contribution >= 4 is 5.97 Å². The van der Waals surface area contributed by atoms with Gasteiger partial charge in [-0.15, -0.1) is 0 Å². The number of halogens is 1. The molecule has 0 aromatic carbocycles. The normalized spacial score (nSPS) is 19.1. The van der Waals surface area contributed by atoms with Gasteiger partial charge in [-0.3, -0.25) is 9.78 Å². The van der Waals surface area contributed by atoms with Crippen LogP contribution in [0.25, 0.3) is 0 Å². The molecular weight excluding hydrogens is 185 g/mol. The van der Waals surface area contributed by atoms with E-state index in [1.165, 1.54) is 13.0 Å². The largest absolute Gasteiger partial charge is 0.456 e. The number of nitrogens with zero attached hydrogens (tertiary/aromatic N) is 1. The third-order valence-electron chi connectivity index (χ3n) is 2.26. The maximum atomic E-state index is 12.8. The first-order chi connectivity index (χ1) is 6.66. The van der Waals surface area contributed by atoms with E-state index >= 15 is 0 Å². The highest BCUT2D eigenvalue weighted by molar-refractivity contribution is 5.66. The number of fused-ring (bicyclic) bond motifs is 1. The SMILES string of the molecule is CC(=O)OC1CCc2cc(F)cnc21. The molecule has 1 unspecified atom stereocenters. The molecule has 0 N–H and O–H groups in total. The predicted molar refractivity (Wildman–Crippen MR) is 47.0 cm³/mol. The van der Waals surface area contributed by atoms with Gasteiger partial charge in [0.2, 0.25) is 0 Å². The van der Waals surface area contributed by atoms with Crippen LogP contribution in [0.3, 0.4) is 0 Å². The van der Waals surface area contributed by atoms with Crippen molar-refractivity contribution in [2.75, 3.05) is 0 Å². The summed E-state index contributed by atoms with van der Waals surface area (Å²) < 4.78 is 17.8. The Hall–Kier alpha value is -1.45. The second-order valence-electron chi connectivity index (χ2n) is 3.33. The Kier molecular flexibility index (Phi) is 2.19. The standard InChI is InChI=1S/C10H10FNO2/c1-6(13)14-9-3-2-7-4-8(11)5-12-10(7)9/h4-5,9H,2-3H2,1H3. The molecule has 1 aromatic heterocycles. The highest BCUT2D eigenvalue weighted by Crippen LogP contribution is 2.32. The maximum Gasteiger partial charge on any atom is 0.303 e. The van der Waals surface area contributed by atoms with Gasteiger partial charge in [-0.2, -0.15) is 0 Å². The molecule has 3 nitrogen and oxygen atoms in total. The summed E-state index contributed by atoms with van der Waals surface area (Å²) in [5.74, 6) is -0.666. The first kappa shape index (κ1) is 9.12. The van der Waals surface area contributed by atoms with Crippen LogP contribution in [0.4, 0.5) is 4.39 Å². The average Bonchev–Trinajstić information content (AvgIpc) is 2.47. The maximum absolute atomic E-state index is 12.8. The van der Waals surface area contributed by atoms with Crippen LogP contribution in [0.1, 0.15) is 30.7 Å². The number of carbonyl (C=O) groups is 1. The number of hydrogen-bond acceptors (Lipinski definition) is 3. The Morgan fingerprint density at radius 2 is 2.50 bits per heavy atom. The lowest BCUT2D eigenvalue weighted by Gasteiger charge is -2.09. The van der Waals surface area contributed by atoms with E-state index in [1.807, 2.05) is 0 Å². The van der Waals surface area contributed by atoms with Gasteiger partial charge in [-0.1, -0.05) is 0 Å². The number of aryl methyl sites for hydroxylation is 1. The van der Waals surface area contributed by atoms with Crippen molar-refractivity contribution < 1.29 is 13.9 Å². The van der Waals surface area contributed by atoms with Crippen molar-refractivity contribution in [1.82, 2.24) is 4.98 Å². The fraction of sp³-hybridized carbons (Fsp3) is 0.400. The molecule has 0 radical (unpaired) electrons. The van der Waals surface area contributed by atoms with Gasteiger partial charge in [0.25, 0.3) is 0 Å². The summed E-state index contributed by atoms with van der Waals surface area (Å²) in [5.41, 5.74) is 1.54. The molecule has 0 bridgehead atoms. The molecule has 0 fully saturated rings. The number of esters is 1. The molecule has 1 heterocycles. The Labute approximate surface area is 80.9 Å². The Morgan fingerprint density at radius 3 is 3.21 bits per heavy atom. The Bertz CT molecular complexity index is 378. The van der Waals surface area contributed by atoms with Crippen LogP contribution in [-0.2, 0) is 16.0 Å².